The average molecular weight is 298 g/mol. The summed E-state index contributed by atoms with van der Waals surface area (Å²) in [6.45, 7) is 2.30. The van der Waals surface area contributed by atoms with E-state index in [2.05, 4.69) is 4.98 Å². The highest BCUT2D eigenvalue weighted by Gasteiger charge is 2.47. The van der Waals surface area contributed by atoms with E-state index in [-0.39, 0.29) is 10.7 Å². The fourth-order valence-electron chi connectivity index (χ4n) is 2.80. The fraction of sp³-hybridized carbons (Fsp3) is 0.538. The molecule has 0 spiro atoms. The monoisotopic (exact) mass is 298 g/mol. The van der Waals surface area contributed by atoms with Crippen LogP contribution in [0.1, 0.15) is 26.2 Å². The molecule has 20 heavy (non-hydrogen) atoms. The van der Waals surface area contributed by atoms with Crippen molar-refractivity contribution < 1.29 is 18.3 Å². The summed E-state index contributed by atoms with van der Waals surface area (Å²) in [5, 5.41) is 9.57. The molecule has 1 saturated heterocycles. The highest BCUT2D eigenvalue weighted by Crippen LogP contribution is 2.38. The van der Waals surface area contributed by atoms with Crippen LogP contribution in [0.4, 0.5) is 5.82 Å². The predicted octanol–water partition coefficient (Wildman–Crippen LogP) is 1.32. The van der Waals surface area contributed by atoms with E-state index in [4.69, 9.17) is 0 Å². The van der Waals surface area contributed by atoms with Crippen LogP contribution >= 0.6 is 0 Å². The van der Waals surface area contributed by atoms with E-state index in [1.54, 1.807) is 17.9 Å². The van der Waals surface area contributed by atoms with Gasteiger partial charge in [0.15, 0.2) is 9.84 Å². The molecule has 1 aliphatic rings. The number of hydrogen-bond donors (Lipinski definition) is 1. The average Bonchev–Trinajstić information content (AvgIpc) is 2.82. The molecule has 2 heterocycles. The third kappa shape index (κ3) is 2.26. The molecule has 7 heteroatoms. The summed E-state index contributed by atoms with van der Waals surface area (Å²) in [5.41, 5.74) is -1.06. The number of carboxylic acid groups (broad SMARTS) is 1. The van der Waals surface area contributed by atoms with Gasteiger partial charge < -0.3 is 10.0 Å². The lowest BCUT2D eigenvalue weighted by molar-refractivity contribution is -0.143. The number of carboxylic acids is 1. The highest BCUT2D eigenvalue weighted by atomic mass is 32.2. The van der Waals surface area contributed by atoms with Crippen molar-refractivity contribution in [3.63, 3.8) is 0 Å². The Morgan fingerprint density at radius 1 is 1.55 bits per heavy atom. The van der Waals surface area contributed by atoms with Crippen molar-refractivity contribution in [1.29, 1.82) is 0 Å². The van der Waals surface area contributed by atoms with E-state index in [0.29, 0.717) is 25.8 Å². The zero-order chi connectivity index (χ0) is 15.0. The van der Waals surface area contributed by atoms with Gasteiger partial charge in [-0.25, -0.2) is 18.2 Å². The number of hydrogen-bond acceptors (Lipinski definition) is 5. The molecule has 0 bridgehead atoms. The summed E-state index contributed by atoms with van der Waals surface area (Å²) >= 11 is 0. The molecule has 1 atom stereocenters. The molecule has 0 aromatic carbocycles. The zero-order valence-electron chi connectivity index (χ0n) is 11.5. The maximum Gasteiger partial charge on any atom is 0.329 e. The van der Waals surface area contributed by atoms with Crippen LogP contribution in [0.3, 0.4) is 0 Å². The molecule has 6 nitrogen and oxygen atoms in total. The van der Waals surface area contributed by atoms with Crippen molar-refractivity contribution in [3.8, 4) is 0 Å². The molecular weight excluding hydrogens is 280 g/mol. The summed E-state index contributed by atoms with van der Waals surface area (Å²) in [6.07, 6.45) is 4.21. The van der Waals surface area contributed by atoms with Crippen LogP contribution in [0.15, 0.2) is 23.2 Å². The molecule has 0 saturated carbocycles. The topological polar surface area (TPSA) is 87.6 Å². The Kier molecular flexibility index (Phi) is 3.73. The molecule has 0 radical (unpaired) electrons. The molecule has 1 aliphatic heterocycles. The van der Waals surface area contributed by atoms with Crippen molar-refractivity contribution >= 4 is 21.6 Å². The van der Waals surface area contributed by atoms with Crippen LogP contribution in [0, 0.1) is 0 Å². The van der Waals surface area contributed by atoms with Gasteiger partial charge in [0.25, 0.3) is 0 Å². The molecule has 1 aromatic heterocycles. The van der Waals surface area contributed by atoms with Crippen LogP contribution in [-0.2, 0) is 14.6 Å². The Morgan fingerprint density at radius 2 is 2.25 bits per heavy atom. The molecule has 0 aliphatic carbocycles. The number of anilines is 1. The van der Waals surface area contributed by atoms with Gasteiger partial charge in [-0.1, -0.05) is 6.92 Å². The summed E-state index contributed by atoms with van der Waals surface area (Å²) in [6, 6.07) is 3.02. The number of pyridine rings is 1. The first-order valence-corrected chi connectivity index (χ1v) is 8.38. The zero-order valence-corrected chi connectivity index (χ0v) is 12.4. The minimum atomic E-state index is -3.45. The van der Waals surface area contributed by atoms with E-state index >= 15 is 0 Å². The van der Waals surface area contributed by atoms with Crippen LogP contribution < -0.4 is 4.90 Å². The van der Waals surface area contributed by atoms with Crippen LogP contribution in [0.25, 0.3) is 0 Å². The third-order valence-electron chi connectivity index (χ3n) is 3.88. The molecule has 1 N–H and O–H groups in total. The Labute approximate surface area is 118 Å². The van der Waals surface area contributed by atoms with Crippen molar-refractivity contribution in [3.05, 3.63) is 18.3 Å². The smallest absolute Gasteiger partial charge is 0.329 e. The SMILES string of the molecule is CCC1(C(=O)O)CCCN1c1ncccc1S(C)(=O)=O. The number of nitrogens with zero attached hydrogens (tertiary/aromatic N) is 2. The van der Waals surface area contributed by atoms with Gasteiger partial charge in [0.1, 0.15) is 16.3 Å². The lowest BCUT2D eigenvalue weighted by Gasteiger charge is -2.35. The van der Waals surface area contributed by atoms with Gasteiger partial charge in [0.05, 0.1) is 0 Å². The number of carbonyl (C=O) groups is 1. The first-order valence-electron chi connectivity index (χ1n) is 6.49. The van der Waals surface area contributed by atoms with Gasteiger partial charge >= 0.3 is 5.97 Å². The third-order valence-corrected chi connectivity index (χ3v) is 5.00. The molecule has 1 aromatic rings. The van der Waals surface area contributed by atoms with Crippen molar-refractivity contribution in [1.82, 2.24) is 4.98 Å². The van der Waals surface area contributed by atoms with Crippen molar-refractivity contribution in [2.45, 2.75) is 36.6 Å². The van der Waals surface area contributed by atoms with E-state index in [9.17, 15) is 18.3 Å². The number of sulfone groups is 1. The first kappa shape index (κ1) is 14.8. The lowest BCUT2D eigenvalue weighted by Crippen LogP contribution is -2.51. The maximum atomic E-state index is 11.9. The number of aliphatic carboxylic acids is 1. The van der Waals surface area contributed by atoms with Crippen LogP contribution in [-0.4, -0.2) is 42.8 Å². The minimum absolute atomic E-state index is 0.0842. The largest absolute Gasteiger partial charge is 0.479 e. The summed E-state index contributed by atoms with van der Waals surface area (Å²) in [7, 11) is -3.45. The molecule has 1 fully saturated rings. The van der Waals surface area contributed by atoms with E-state index in [1.807, 2.05) is 0 Å². The fourth-order valence-corrected chi connectivity index (χ4v) is 3.62. The summed E-state index contributed by atoms with van der Waals surface area (Å²) < 4.78 is 23.7. The van der Waals surface area contributed by atoms with Crippen molar-refractivity contribution in [2.75, 3.05) is 17.7 Å². The molecule has 2 rings (SSSR count). The minimum Gasteiger partial charge on any atom is -0.479 e. The highest BCUT2D eigenvalue weighted by molar-refractivity contribution is 7.90. The second-order valence-electron chi connectivity index (χ2n) is 5.04. The predicted molar refractivity (Wildman–Crippen MR) is 74.6 cm³/mol. The van der Waals surface area contributed by atoms with Crippen LogP contribution in [0.5, 0.6) is 0 Å². The standard InChI is InChI=1S/C13H18N2O4S/c1-3-13(12(16)17)7-5-9-15(13)11-10(20(2,18)19)6-4-8-14-11/h4,6,8H,3,5,7,9H2,1-2H3,(H,16,17). The van der Waals surface area contributed by atoms with Crippen molar-refractivity contribution in [2.24, 2.45) is 0 Å². The van der Waals surface area contributed by atoms with Gasteiger partial charge in [-0.2, -0.15) is 0 Å². The van der Waals surface area contributed by atoms with Gasteiger partial charge in [-0.05, 0) is 31.4 Å². The quantitative estimate of drug-likeness (QED) is 0.902. The summed E-state index contributed by atoms with van der Waals surface area (Å²) in [4.78, 5) is 17.5. The summed E-state index contributed by atoms with van der Waals surface area (Å²) in [5.74, 6) is -0.681. The van der Waals surface area contributed by atoms with E-state index in [1.165, 1.54) is 12.3 Å². The Bertz CT molecular complexity index is 629. The van der Waals surface area contributed by atoms with E-state index in [0.717, 1.165) is 6.26 Å². The van der Waals surface area contributed by atoms with Gasteiger partial charge in [-0.3, -0.25) is 0 Å². The van der Waals surface area contributed by atoms with Crippen LogP contribution in [0.2, 0.25) is 0 Å². The Balaban J connectivity index is 2.60. The van der Waals surface area contributed by atoms with Gasteiger partial charge in [0.2, 0.25) is 0 Å². The van der Waals surface area contributed by atoms with E-state index < -0.39 is 21.3 Å². The Morgan fingerprint density at radius 3 is 2.80 bits per heavy atom. The second-order valence-corrected chi connectivity index (χ2v) is 7.03. The Hall–Kier alpha value is -1.63. The van der Waals surface area contributed by atoms with Gasteiger partial charge in [0, 0.05) is 19.0 Å². The molecule has 0 amide bonds. The first-order chi connectivity index (χ1) is 9.33. The molecule has 1 unspecified atom stereocenters. The number of aromatic nitrogens is 1. The lowest BCUT2D eigenvalue weighted by atomic mass is 9.93. The molecular formula is C13H18N2O4S. The maximum absolute atomic E-state index is 11.9. The second kappa shape index (κ2) is 5.05. The van der Waals surface area contributed by atoms with Gasteiger partial charge in [-0.15, -0.1) is 0 Å². The molecule has 110 valence electrons. The normalized spacial score (nSPS) is 23.0. The number of rotatable bonds is 4.